The number of sulfonamides is 1. The minimum absolute atomic E-state index is 0.180. The first-order valence-corrected chi connectivity index (χ1v) is 13.1. The summed E-state index contributed by atoms with van der Waals surface area (Å²) in [5.74, 6) is -0.653. The number of hydrazine groups is 1. The number of hydrogen-bond acceptors (Lipinski definition) is 6. The topological polar surface area (TPSA) is 109 Å². The van der Waals surface area contributed by atoms with Gasteiger partial charge in [-0.2, -0.15) is 0 Å². The Morgan fingerprint density at radius 1 is 1.00 bits per heavy atom. The smallest absolute Gasteiger partial charge is 0.273 e. The molecule has 2 aromatic carbocycles. The molecule has 1 heterocycles. The summed E-state index contributed by atoms with van der Waals surface area (Å²) >= 11 is 7.10. The van der Waals surface area contributed by atoms with E-state index in [0.717, 1.165) is 34.8 Å². The van der Waals surface area contributed by atoms with Gasteiger partial charge in [-0.3, -0.25) is 10.2 Å². The van der Waals surface area contributed by atoms with Crippen LogP contribution in [0.4, 0.5) is 0 Å². The predicted molar refractivity (Wildman–Crippen MR) is 117 cm³/mol. The maximum Gasteiger partial charge on any atom is 0.276 e. The second kappa shape index (κ2) is 8.48. The van der Waals surface area contributed by atoms with Gasteiger partial charge < -0.3 is 0 Å². The molecule has 1 amide bonds. The Kier molecular flexibility index (Phi) is 6.34. The largest absolute Gasteiger partial charge is 0.276 e. The summed E-state index contributed by atoms with van der Waals surface area (Å²) in [5.41, 5.74) is 4.71. The number of aryl methyl sites for hydroxylation is 1. The van der Waals surface area contributed by atoms with E-state index in [1.54, 1.807) is 11.4 Å². The summed E-state index contributed by atoms with van der Waals surface area (Å²) in [6, 6.07) is 12.6. The van der Waals surface area contributed by atoms with Crippen LogP contribution in [0.25, 0.3) is 11.1 Å². The van der Waals surface area contributed by atoms with E-state index in [4.69, 9.17) is 11.6 Å². The summed E-state index contributed by atoms with van der Waals surface area (Å²) in [6.45, 7) is 1.95. The summed E-state index contributed by atoms with van der Waals surface area (Å²) < 4.78 is 48.6. The average Bonchev–Trinajstić information content (AvgIpc) is 3.16. The van der Waals surface area contributed by atoms with E-state index in [-0.39, 0.29) is 9.92 Å². The maximum absolute atomic E-state index is 12.6. The van der Waals surface area contributed by atoms with Gasteiger partial charge in [-0.15, -0.1) is 16.2 Å². The lowest BCUT2D eigenvalue weighted by Gasteiger charge is -2.11. The first-order chi connectivity index (χ1) is 14.0. The molecule has 0 aliphatic heterocycles. The molecule has 3 rings (SSSR count). The van der Waals surface area contributed by atoms with Crippen molar-refractivity contribution in [1.29, 1.82) is 0 Å². The molecule has 2 N–H and O–H groups in total. The van der Waals surface area contributed by atoms with Crippen molar-refractivity contribution < 1.29 is 21.6 Å². The quantitative estimate of drug-likeness (QED) is 0.521. The zero-order chi connectivity index (χ0) is 22.1. The van der Waals surface area contributed by atoms with Gasteiger partial charge in [0, 0.05) is 11.8 Å². The molecule has 1 aromatic heterocycles. The van der Waals surface area contributed by atoms with Gasteiger partial charge >= 0.3 is 0 Å². The molecule has 3 aromatic rings. The van der Waals surface area contributed by atoms with Crippen molar-refractivity contribution >= 4 is 48.7 Å². The highest BCUT2D eigenvalue weighted by molar-refractivity contribution is 7.91. The van der Waals surface area contributed by atoms with Gasteiger partial charge in [-0.1, -0.05) is 41.4 Å². The van der Waals surface area contributed by atoms with Crippen LogP contribution in [0.15, 0.2) is 63.7 Å². The van der Waals surface area contributed by atoms with Crippen molar-refractivity contribution in [2.75, 3.05) is 6.26 Å². The van der Waals surface area contributed by atoms with Crippen molar-refractivity contribution in [3.05, 3.63) is 69.4 Å². The molecular formula is C19H17ClN2O5S3. The number of carbonyl (C=O) groups is 1. The third-order valence-corrected chi connectivity index (χ3v) is 7.91. The molecule has 7 nitrogen and oxygen atoms in total. The van der Waals surface area contributed by atoms with E-state index in [0.29, 0.717) is 10.4 Å². The van der Waals surface area contributed by atoms with E-state index in [1.807, 2.05) is 36.0 Å². The lowest BCUT2D eigenvalue weighted by molar-refractivity contribution is 0.0949. The zero-order valence-electron chi connectivity index (χ0n) is 15.8. The Bertz CT molecular complexity index is 1310. The Balaban J connectivity index is 1.84. The van der Waals surface area contributed by atoms with Gasteiger partial charge in [0.1, 0.15) is 9.77 Å². The monoisotopic (exact) mass is 484 g/mol. The standard InChI is InChI=1S/C19H17ClN2O5S3/c1-12-3-5-13(6-4-12)15-9-10-28-18(15)19(23)21-22-30(26,27)17-11-14(29(2,24)25)7-8-16(17)20/h3-11,22H,1-2H3,(H,21,23). The summed E-state index contributed by atoms with van der Waals surface area (Å²) in [4.78, 5) is 14.2. The number of amides is 1. The van der Waals surface area contributed by atoms with Gasteiger partial charge in [0.05, 0.1) is 9.92 Å². The second-order valence-electron chi connectivity index (χ2n) is 6.45. The van der Waals surface area contributed by atoms with Gasteiger partial charge in [-0.05, 0) is 42.1 Å². The minimum Gasteiger partial charge on any atom is -0.273 e. The van der Waals surface area contributed by atoms with E-state index in [9.17, 15) is 21.6 Å². The number of nitrogens with one attached hydrogen (secondary N) is 2. The fourth-order valence-corrected chi connectivity index (χ4v) is 5.49. The molecule has 0 fully saturated rings. The number of thiophene rings is 1. The molecule has 0 atom stereocenters. The highest BCUT2D eigenvalue weighted by Gasteiger charge is 2.23. The average molecular weight is 485 g/mol. The van der Waals surface area contributed by atoms with Crippen molar-refractivity contribution in [2.45, 2.75) is 16.7 Å². The number of hydrogen-bond donors (Lipinski definition) is 2. The van der Waals surface area contributed by atoms with Gasteiger partial charge in [0.25, 0.3) is 15.9 Å². The first-order valence-electron chi connectivity index (χ1n) is 8.45. The number of rotatable bonds is 6. The SMILES string of the molecule is Cc1ccc(-c2ccsc2C(=O)NNS(=O)(=O)c2cc(S(C)(=O)=O)ccc2Cl)cc1. The van der Waals surface area contributed by atoms with Crippen LogP contribution in [0.5, 0.6) is 0 Å². The lowest BCUT2D eigenvalue weighted by atomic mass is 10.1. The van der Waals surface area contributed by atoms with Gasteiger partial charge in [0.2, 0.25) is 0 Å². The van der Waals surface area contributed by atoms with Crippen molar-refractivity contribution in [2.24, 2.45) is 0 Å². The molecule has 0 radical (unpaired) electrons. The molecule has 0 saturated carbocycles. The molecule has 30 heavy (non-hydrogen) atoms. The highest BCUT2D eigenvalue weighted by atomic mass is 35.5. The van der Waals surface area contributed by atoms with E-state index >= 15 is 0 Å². The number of sulfone groups is 1. The Labute approximate surface area is 183 Å². The Morgan fingerprint density at radius 3 is 2.30 bits per heavy atom. The van der Waals surface area contributed by atoms with E-state index < -0.39 is 30.7 Å². The van der Waals surface area contributed by atoms with E-state index in [1.165, 1.54) is 12.1 Å². The van der Waals surface area contributed by atoms with Gasteiger partial charge in [-0.25, -0.2) is 16.8 Å². The summed E-state index contributed by atoms with van der Waals surface area (Å²) in [6.07, 6.45) is 0.950. The Hall–Kier alpha value is -2.24. The molecular weight excluding hydrogens is 468 g/mol. The van der Waals surface area contributed by atoms with Crippen molar-refractivity contribution in [3.8, 4) is 11.1 Å². The lowest BCUT2D eigenvalue weighted by Crippen LogP contribution is -2.41. The molecule has 0 bridgehead atoms. The van der Waals surface area contributed by atoms with Crippen molar-refractivity contribution in [3.63, 3.8) is 0 Å². The van der Waals surface area contributed by atoms with Crippen LogP contribution in [0.1, 0.15) is 15.2 Å². The van der Waals surface area contributed by atoms with Crippen LogP contribution in [0.3, 0.4) is 0 Å². The minimum atomic E-state index is -4.32. The third kappa shape index (κ3) is 4.90. The molecule has 0 spiro atoms. The van der Waals surface area contributed by atoms with Crippen LogP contribution in [0.2, 0.25) is 5.02 Å². The summed E-state index contributed by atoms with van der Waals surface area (Å²) in [7, 11) is -7.96. The Morgan fingerprint density at radius 2 is 1.67 bits per heavy atom. The number of halogens is 1. The third-order valence-electron chi connectivity index (χ3n) is 4.15. The van der Waals surface area contributed by atoms with Crippen molar-refractivity contribution in [1.82, 2.24) is 10.3 Å². The predicted octanol–water partition coefficient (Wildman–Crippen LogP) is 3.40. The molecule has 158 valence electrons. The van der Waals surface area contributed by atoms with E-state index in [2.05, 4.69) is 5.43 Å². The highest BCUT2D eigenvalue weighted by Crippen LogP contribution is 2.29. The number of benzene rings is 2. The summed E-state index contributed by atoms with van der Waals surface area (Å²) in [5, 5.41) is 1.55. The zero-order valence-corrected chi connectivity index (χ0v) is 19.0. The normalized spacial score (nSPS) is 12.0. The molecule has 0 aliphatic rings. The van der Waals surface area contributed by atoms with Crippen LogP contribution in [-0.2, 0) is 19.9 Å². The first kappa shape index (κ1) is 22.4. The maximum atomic E-state index is 12.6. The molecule has 0 aliphatic carbocycles. The molecule has 0 saturated heterocycles. The second-order valence-corrected chi connectivity index (χ2v) is 11.4. The van der Waals surface area contributed by atoms with Crippen LogP contribution < -0.4 is 10.3 Å². The molecule has 0 unspecified atom stereocenters. The van der Waals surface area contributed by atoms with Crippen LogP contribution in [0, 0.1) is 6.92 Å². The fraction of sp³-hybridized carbons (Fsp3) is 0.105. The number of carbonyl (C=O) groups excluding carboxylic acids is 1. The van der Waals surface area contributed by atoms with Gasteiger partial charge in [0.15, 0.2) is 9.84 Å². The fourth-order valence-electron chi connectivity index (χ4n) is 2.59. The molecule has 11 heteroatoms. The van der Waals surface area contributed by atoms with Crippen LogP contribution >= 0.6 is 22.9 Å². The van der Waals surface area contributed by atoms with Crippen LogP contribution in [-0.4, -0.2) is 29.0 Å².